The minimum Gasteiger partial charge on any atom is -0.348 e. The van der Waals surface area contributed by atoms with E-state index in [2.05, 4.69) is 4.99 Å². The lowest BCUT2D eigenvalue weighted by molar-refractivity contribution is -0.139. The zero-order chi connectivity index (χ0) is 9.47. The molecule has 4 heteroatoms. The highest BCUT2D eigenvalue weighted by Crippen LogP contribution is 2.29. The summed E-state index contributed by atoms with van der Waals surface area (Å²) in [6, 6.07) is 0.298. The fourth-order valence-corrected chi connectivity index (χ4v) is 2.52. The Morgan fingerprint density at radius 2 is 2.31 bits per heavy atom. The van der Waals surface area contributed by atoms with Gasteiger partial charge in [0, 0.05) is 5.75 Å². The van der Waals surface area contributed by atoms with Crippen LogP contribution in [-0.4, -0.2) is 35.3 Å². The Morgan fingerprint density at radius 1 is 1.54 bits per heavy atom. The molecule has 0 aliphatic carbocycles. The van der Waals surface area contributed by atoms with Gasteiger partial charge in [0.05, 0.1) is 17.7 Å². The molecule has 0 bridgehead atoms. The molecule has 2 unspecified atom stereocenters. The molecule has 0 spiro atoms. The summed E-state index contributed by atoms with van der Waals surface area (Å²) in [5.74, 6) is 0.622. The molecule has 2 aliphatic heterocycles. The molecular formula is C9H15NO2S. The fourth-order valence-electron chi connectivity index (χ4n) is 1.61. The van der Waals surface area contributed by atoms with Gasteiger partial charge in [0.25, 0.3) is 0 Å². The van der Waals surface area contributed by atoms with Gasteiger partial charge in [-0.3, -0.25) is 4.99 Å². The van der Waals surface area contributed by atoms with Gasteiger partial charge in [0.15, 0.2) is 5.79 Å². The SMILES string of the molecule is CC1=NC(C2COC(C)(C)O2)CS1. The van der Waals surface area contributed by atoms with Crippen molar-refractivity contribution in [2.45, 2.75) is 38.7 Å². The van der Waals surface area contributed by atoms with Crippen LogP contribution in [0.2, 0.25) is 0 Å². The van der Waals surface area contributed by atoms with Gasteiger partial charge in [-0.05, 0) is 20.8 Å². The molecule has 0 aromatic rings. The maximum absolute atomic E-state index is 5.74. The Morgan fingerprint density at radius 3 is 2.77 bits per heavy atom. The third-order valence-electron chi connectivity index (χ3n) is 2.27. The molecule has 2 aliphatic rings. The summed E-state index contributed by atoms with van der Waals surface area (Å²) in [6.07, 6.45) is 0.153. The molecule has 0 amide bonds. The average Bonchev–Trinajstić information content (AvgIpc) is 2.56. The largest absolute Gasteiger partial charge is 0.348 e. The van der Waals surface area contributed by atoms with E-state index in [0.717, 1.165) is 5.75 Å². The number of thioether (sulfide) groups is 1. The lowest BCUT2D eigenvalue weighted by Gasteiger charge is -2.18. The fraction of sp³-hybridized carbons (Fsp3) is 0.889. The van der Waals surface area contributed by atoms with E-state index in [1.807, 2.05) is 20.8 Å². The monoisotopic (exact) mass is 201 g/mol. The van der Waals surface area contributed by atoms with Gasteiger partial charge >= 0.3 is 0 Å². The lowest BCUT2D eigenvalue weighted by atomic mass is 10.2. The van der Waals surface area contributed by atoms with Crippen molar-refractivity contribution in [3.63, 3.8) is 0 Å². The number of hydrogen-bond acceptors (Lipinski definition) is 4. The highest BCUT2D eigenvalue weighted by Gasteiger charge is 2.38. The molecule has 0 aromatic carbocycles. The average molecular weight is 201 g/mol. The maximum atomic E-state index is 5.74. The zero-order valence-electron chi connectivity index (χ0n) is 8.24. The van der Waals surface area contributed by atoms with Crippen molar-refractivity contribution in [2.75, 3.05) is 12.4 Å². The molecule has 0 saturated carbocycles. The van der Waals surface area contributed by atoms with E-state index < -0.39 is 5.79 Å². The molecule has 2 atom stereocenters. The van der Waals surface area contributed by atoms with Crippen molar-refractivity contribution in [1.29, 1.82) is 0 Å². The van der Waals surface area contributed by atoms with Crippen LogP contribution < -0.4 is 0 Å². The van der Waals surface area contributed by atoms with E-state index in [4.69, 9.17) is 9.47 Å². The third kappa shape index (κ3) is 2.06. The molecule has 1 fully saturated rings. The second-order valence-electron chi connectivity index (χ2n) is 3.89. The van der Waals surface area contributed by atoms with Crippen LogP contribution in [0.25, 0.3) is 0 Å². The molecule has 74 valence electrons. The zero-order valence-corrected chi connectivity index (χ0v) is 9.06. The van der Waals surface area contributed by atoms with Crippen molar-refractivity contribution in [1.82, 2.24) is 0 Å². The molecule has 0 radical (unpaired) electrons. The van der Waals surface area contributed by atoms with Crippen molar-refractivity contribution in [2.24, 2.45) is 4.99 Å². The van der Waals surface area contributed by atoms with E-state index in [0.29, 0.717) is 12.6 Å². The summed E-state index contributed by atoms with van der Waals surface area (Å²) in [7, 11) is 0. The van der Waals surface area contributed by atoms with Crippen LogP contribution in [0.1, 0.15) is 20.8 Å². The van der Waals surface area contributed by atoms with Crippen LogP contribution in [-0.2, 0) is 9.47 Å². The number of aliphatic imine (C=N–C) groups is 1. The van der Waals surface area contributed by atoms with E-state index in [-0.39, 0.29) is 6.10 Å². The first-order valence-corrected chi connectivity index (χ1v) is 5.54. The topological polar surface area (TPSA) is 30.8 Å². The van der Waals surface area contributed by atoms with Crippen molar-refractivity contribution < 1.29 is 9.47 Å². The summed E-state index contributed by atoms with van der Waals surface area (Å²) >= 11 is 1.81. The summed E-state index contributed by atoms with van der Waals surface area (Å²) in [6.45, 7) is 6.62. The minimum atomic E-state index is -0.415. The van der Waals surface area contributed by atoms with Crippen LogP contribution in [0.15, 0.2) is 4.99 Å². The highest BCUT2D eigenvalue weighted by atomic mass is 32.2. The van der Waals surface area contributed by atoms with Gasteiger partial charge in [-0.25, -0.2) is 0 Å². The summed E-state index contributed by atoms with van der Waals surface area (Å²) in [5.41, 5.74) is 0. The Kier molecular flexibility index (Phi) is 2.38. The number of nitrogens with zero attached hydrogens (tertiary/aromatic N) is 1. The van der Waals surface area contributed by atoms with Gasteiger partial charge in [0.1, 0.15) is 6.10 Å². The summed E-state index contributed by atoms with van der Waals surface area (Å²) in [5, 5.41) is 1.17. The smallest absolute Gasteiger partial charge is 0.163 e. The molecular weight excluding hydrogens is 186 g/mol. The highest BCUT2D eigenvalue weighted by molar-refractivity contribution is 8.14. The van der Waals surface area contributed by atoms with Crippen molar-refractivity contribution >= 4 is 16.8 Å². The van der Waals surface area contributed by atoms with E-state index in [9.17, 15) is 0 Å². The van der Waals surface area contributed by atoms with Gasteiger partial charge < -0.3 is 9.47 Å². The molecule has 3 nitrogen and oxygen atoms in total. The first-order valence-electron chi connectivity index (χ1n) is 4.56. The molecule has 0 aromatic heterocycles. The number of ether oxygens (including phenoxy) is 2. The van der Waals surface area contributed by atoms with Gasteiger partial charge in [-0.1, -0.05) is 0 Å². The minimum absolute atomic E-state index is 0.153. The van der Waals surface area contributed by atoms with Crippen molar-refractivity contribution in [3.8, 4) is 0 Å². The Labute approximate surface area is 82.9 Å². The Hall–Kier alpha value is -0.0600. The van der Waals surface area contributed by atoms with Crippen molar-refractivity contribution in [3.05, 3.63) is 0 Å². The van der Waals surface area contributed by atoms with E-state index >= 15 is 0 Å². The lowest BCUT2D eigenvalue weighted by Crippen LogP contribution is -2.29. The van der Waals surface area contributed by atoms with Crippen LogP contribution in [0, 0.1) is 0 Å². The second-order valence-corrected chi connectivity index (χ2v) is 5.11. The standard InChI is InChI=1S/C9H15NO2S/c1-6-10-7(5-13-6)8-4-11-9(2,3)12-8/h7-8H,4-5H2,1-3H3. The molecule has 2 rings (SSSR count). The molecule has 2 heterocycles. The van der Waals surface area contributed by atoms with Gasteiger partial charge in [-0.2, -0.15) is 0 Å². The predicted molar refractivity (Wildman–Crippen MR) is 54.3 cm³/mol. The van der Waals surface area contributed by atoms with Crippen LogP contribution in [0.3, 0.4) is 0 Å². The molecule has 1 saturated heterocycles. The first-order chi connectivity index (χ1) is 6.07. The first kappa shape index (κ1) is 9.49. The van der Waals surface area contributed by atoms with Crippen LogP contribution in [0.5, 0.6) is 0 Å². The normalized spacial score (nSPS) is 37.9. The molecule has 0 N–H and O–H groups in total. The predicted octanol–water partition coefficient (Wildman–Crippen LogP) is 1.67. The van der Waals surface area contributed by atoms with Crippen LogP contribution >= 0.6 is 11.8 Å². The molecule has 13 heavy (non-hydrogen) atoms. The van der Waals surface area contributed by atoms with Gasteiger partial charge in [0.2, 0.25) is 0 Å². The quantitative estimate of drug-likeness (QED) is 0.646. The Bertz CT molecular complexity index is 240. The third-order valence-corrected chi connectivity index (χ3v) is 3.30. The van der Waals surface area contributed by atoms with Gasteiger partial charge in [-0.15, -0.1) is 11.8 Å². The maximum Gasteiger partial charge on any atom is 0.163 e. The van der Waals surface area contributed by atoms with E-state index in [1.54, 1.807) is 11.8 Å². The summed E-state index contributed by atoms with van der Waals surface area (Å²) in [4.78, 5) is 4.51. The summed E-state index contributed by atoms with van der Waals surface area (Å²) < 4.78 is 11.2. The number of hydrogen-bond donors (Lipinski definition) is 0. The van der Waals surface area contributed by atoms with Crippen LogP contribution in [0.4, 0.5) is 0 Å². The number of rotatable bonds is 1. The van der Waals surface area contributed by atoms with E-state index in [1.165, 1.54) is 5.04 Å². The second kappa shape index (κ2) is 3.26. The Balaban J connectivity index is 1.97.